The molecule has 0 fully saturated rings. The summed E-state index contributed by atoms with van der Waals surface area (Å²) in [5.74, 6) is 0.253. The quantitative estimate of drug-likeness (QED) is 0.642. The van der Waals surface area contributed by atoms with Gasteiger partial charge in [0.25, 0.3) is 0 Å². The van der Waals surface area contributed by atoms with Crippen molar-refractivity contribution in [3.8, 4) is 0 Å². The van der Waals surface area contributed by atoms with Crippen LogP contribution in [0.3, 0.4) is 0 Å². The van der Waals surface area contributed by atoms with Crippen molar-refractivity contribution >= 4 is 5.91 Å². The lowest BCUT2D eigenvalue weighted by molar-refractivity contribution is -0.119. The predicted molar refractivity (Wildman–Crippen MR) is 59.6 cm³/mol. The molecule has 0 radical (unpaired) electrons. The number of carbonyl (C=O) groups is 1. The van der Waals surface area contributed by atoms with E-state index in [-0.39, 0.29) is 6.04 Å². The summed E-state index contributed by atoms with van der Waals surface area (Å²) in [7, 11) is 0. The molecule has 0 aliphatic rings. The van der Waals surface area contributed by atoms with Crippen molar-refractivity contribution in [2.75, 3.05) is 6.54 Å². The number of hydrogen-bond donors (Lipinski definition) is 3. The van der Waals surface area contributed by atoms with Crippen molar-refractivity contribution in [3.05, 3.63) is 17.0 Å². The highest BCUT2D eigenvalue weighted by Crippen LogP contribution is 2.20. The number of carbonyl (C=O) groups excluding carboxylic acids is 1. The van der Waals surface area contributed by atoms with Crippen molar-refractivity contribution in [2.45, 2.75) is 32.9 Å². The van der Waals surface area contributed by atoms with Gasteiger partial charge in [0.2, 0.25) is 5.91 Å². The zero-order valence-electron chi connectivity index (χ0n) is 9.78. The zero-order valence-corrected chi connectivity index (χ0v) is 9.78. The summed E-state index contributed by atoms with van der Waals surface area (Å²) < 4.78 is 5.06. The van der Waals surface area contributed by atoms with Gasteiger partial charge in [-0.1, -0.05) is 5.16 Å². The van der Waals surface area contributed by atoms with Crippen LogP contribution in [-0.4, -0.2) is 23.7 Å². The highest BCUT2D eigenvalue weighted by molar-refractivity contribution is 5.79. The number of aryl methyl sites for hydroxylation is 2. The number of amides is 1. The normalized spacial score (nSPS) is 14.8. The van der Waals surface area contributed by atoms with Gasteiger partial charge in [0.1, 0.15) is 5.76 Å². The smallest absolute Gasteiger partial charge is 0.235 e. The Hall–Kier alpha value is -1.40. The van der Waals surface area contributed by atoms with Crippen molar-refractivity contribution in [1.29, 1.82) is 0 Å². The Morgan fingerprint density at radius 1 is 1.56 bits per heavy atom. The minimum atomic E-state index is -0.678. The summed E-state index contributed by atoms with van der Waals surface area (Å²) in [5, 5.41) is 6.98. The van der Waals surface area contributed by atoms with Crippen LogP contribution >= 0.6 is 0 Å². The van der Waals surface area contributed by atoms with E-state index in [2.05, 4.69) is 10.5 Å². The van der Waals surface area contributed by atoms with Gasteiger partial charge < -0.3 is 21.3 Å². The molecule has 2 unspecified atom stereocenters. The number of nitrogens with one attached hydrogen (secondary N) is 1. The number of rotatable bonds is 5. The molecule has 2 atom stereocenters. The molecule has 1 amide bonds. The highest BCUT2D eigenvalue weighted by Gasteiger charge is 2.17. The third kappa shape index (κ3) is 2.80. The maximum atomic E-state index is 10.8. The minimum Gasteiger partial charge on any atom is -0.368 e. The van der Waals surface area contributed by atoms with Crippen LogP contribution in [0.1, 0.15) is 30.0 Å². The van der Waals surface area contributed by atoms with E-state index in [9.17, 15) is 4.79 Å². The Morgan fingerprint density at radius 3 is 2.62 bits per heavy atom. The van der Waals surface area contributed by atoms with Gasteiger partial charge in [-0.2, -0.15) is 0 Å². The molecule has 1 rings (SSSR count). The Bertz CT molecular complexity index is 355. The standard InChI is InChI=1S/C10H18N4O2/c1-5(13-4-8(11)10(12)15)9-6(2)14-16-7(9)3/h5,8,13H,4,11H2,1-3H3,(H2,12,15). The fourth-order valence-corrected chi connectivity index (χ4v) is 1.61. The number of hydrogen-bond acceptors (Lipinski definition) is 5. The van der Waals surface area contributed by atoms with E-state index >= 15 is 0 Å². The lowest BCUT2D eigenvalue weighted by atomic mass is 10.1. The average molecular weight is 226 g/mol. The van der Waals surface area contributed by atoms with Crippen LogP contribution < -0.4 is 16.8 Å². The van der Waals surface area contributed by atoms with Crippen LogP contribution in [0.15, 0.2) is 4.52 Å². The Kier molecular flexibility index (Phi) is 4.03. The van der Waals surface area contributed by atoms with Gasteiger partial charge in [0.05, 0.1) is 11.7 Å². The van der Waals surface area contributed by atoms with E-state index in [1.165, 1.54) is 0 Å². The number of aromatic nitrogens is 1. The summed E-state index contributed by atoms with van der Waals surface area (Å²) in [4.78, 5) is 10.8. The van der Waals surface area contributed by atoms with Gasteiger partial charge in [0.15, 0.2) is 0 Å². The monoisotopic (exact) mass is 226 g/mol. The molecule has 0 aromatic carbocycles. The van der Waals surface area contributed by atoms with E-state index in [0.29, 0.717) is 6.54 Å². The van der Waals surface area contributed by atoms with Gasteiger partial charge in [-0.15, -0.1) is 0 Å². The Morgan fingerprint density at radius 2 is 2.19 bits per heavy atom. The third-order valence-corrected chi connectivity index (χ3v) is 2.53. The largest absolute Gasteiger partial charge is 0.368 e. The summed E-state index contributed by atoms with van der Waals surface area (Å²) >= 11 is 0. The Labute approximate surface area is 94.3 Å². The van der Waals surface area contributed by atoms with Crippen LogP contribution in [0, 0.1) is 13.8 Å². The molecule has 0 bridgehead atoms. The van der Waals surface area contributed by atoms with E-state index in [1.54, 1.807) is 0 Å². The highest BCUT2D eigenvalue weighted by atomic mass is 16.5. The van der Waals surface area contributed by atoms with Gasteiger partial charge in [-0.25, -0.2) is 0 Å². The van der Waals surface area contributed by atoms with E-state index in [0.717, 1.165) is 17.0 Å². The zero-order chi connectivity index (χ0) is 12.3. The second-order valence-electron chi connectivity index (χ2n) is 3.88. The molecule has 0 saturated heterocycles. The maximum absolute atomic E-state index is 10.8. The molecular formula is C10H18N4O2. The first kappa shape index (κ1) is 12.7. The number of nitrogens with two attached hydrogens (primary N) is 2. The molecule has 6 heteroatoms. The van der Waals surface area contributed by atoms with Crippen molar-refractivity contribution in [2.24, 2.45) is 11.5 Å². The SMILES string of the molecule is Cc1noc(C)c1C(C)NCC(N)C(N)=O. The van der Waals surface area contributed by atoms with Crippen LogP contribution in [0.4, 0.5) is 0 Å². The lowest BCUT2D eigenvalue weighted by Gasteiger charge is -2.15. The molecule has 1 aromatic heterocycles. The average Bonchev–Trinajstić information content (AvgIpc) is 2.54. The molecule has 0 saturated carbocycles. The second-order valence-corrected chi connectivity index (χ2v) is 3.88. The van der Waals surface area contributed by atoms with Gasteiger partial charge in [-0.3, -0.25) is 4.79 Å². The van der Waals surface area contributed by atoms with Gasteiger partial charge >= 0.3 is 0 Å². The molecule has 1 heterocycles. The topological polar surface area (TPSA) is 107 Å². The first-order valence-electron chi connectivity index (χ1n) is 5.14. The summed E-state index contributed by atoms with van der Waals surface area (Å²) in [6.45, 7) is 6.01. The third-order valence-electron chi connectivity index (χ3n) is 2.53. The van der Waals surface area contributed by atoms with Crippen molar-refractivity contribution in [1.82, 2.24) is 10.5 Å². The summed E-state index contributed by atoms with van der Waals surface area (Å²) in [6, 6.07) is -0.653. The molecule has 0 spiro atoms. The summed E-state index contributed by atoms with van der Waals surface area (Å²) in [6.07, 6.45) is 0. The van der Waals surface area contributed by atoms with Crippen molar-refractivity contribution < 1.29 is 9.32 Å². The molecule has 90 valence electrons. The molecule has 0 aliphatic heterocycles. The minimum absolute atomic E-state index is 0.0247. The summed E-state index contributed by atoms with van der Waals surface area (Å²) in [5.41, 5.74) is 12.4. The molecule has 5 N–H and O–H groups in total. The van der Waals surface area contributed by atoms with Crippen molar-refractivity contribution in [3.63, 3.8) is 0 Å². The number of primary amides is 1. The fourth-order valence-electron chi connectivity index (χ4n) is 1.61. The maximum Gasteiger partial charge on any atom is 0.235 e. The predicted octanol–water partition coefficient (Wildman–Crippen LogP) is -0.245. The molecule has 6 nitrogen and oxygen atoms in total. The first-order valence-corrected chi connectivity index (χ1v) is 5.14. The molecule has 16 heavy (non-hydrogen) atoms. The van der Waals surface area contributed by atoms with Crippen LogP contribution in [-0.2, 0) is 4.79 Å². The van der Waals surface area contributed by atoms with Crippen LogP contribution in [0.5, 0.6) is 0 Å². The molecule has 0 aliphatic carbocycles. The van der Waals surface area contributed by atoms with E-state index in [4.69, 9.17) is 16.0 Å². The first-order chi connectivity index (χ1) is 7.43. The van der Waals surface area contributed by atoms with Gasteiger partial charge in [-0.05, 0) is 20.8 Å². The number of nitrogens with zero attached hydrogens (tertiary/aromatic N) is 1. The van der Waals surface area contributed by atoms with Gasteiger partial charge in [0, 0.05) is 18.2 Å². The van der Waals surface area contributed by atoms with E-state index < -0.39 is 11.9 Å². The van der Waals surface area contributed by atoms with E-state index in [1.807, 2.05) is 20.8 Å². The Balaban J connectivity index is 2.59. The lowest BCUT2D eigenvalue weighted by Crippen LogP contribution is -2.44. The molecule has 1 aromatic rings. The second kappa shape index (κ2) is 5.09. The molecular weight excluding hydrogens is 208 g/mol. The van der Waals surface area contributed by atoms with Crippen LogP contribution in [0.25, 0.3) is 0 Å². The van der Waals surface area contributed by atoms with Crippen LogP contribution in [0.2, 0.25) is 0 Å². The fraction of sp³-hybridized carbons (Fsp3) is 0.600.